The maximum Gasteiger partial charge on any atom is 0.0969 e. The van der Waals surface area contributed by atoms with Crippen molar-refractivity contribution in [2.45, 2.75) is 19.9 Å². The van der Waals surface area contributed by atoms with Gasteiger partial charge in [-0.3, -0.25) is 0 Å². The molecule has 0 saturated heterocycles. The van der Waals surface area contributed by atoms with Gasteiger partial charge in [0.25, 0.3) is 0 Å². The molecular weight excluding hydrogens is 327 g/mol. The molecule has 0 aliphatic rings. The Bertz CT molecular complexity index is 481. The minimum absolute atomic E-state index is 0.776. The van der Waals surface area contributed by atoms with Crippen LogP contribution >= 0.6 is 22.6 Å². The van der Waals surface area contributed by atoms with E-state index in [-0.39, 0.29) is 0 Å². The van der Waals surface area contributed by atoms with Crippen molar-refractivity contribution in [3.8, 4) is 5.69 Å². The minimum Gasteiger partial charge on any atom is -0.311 e. The zero-order valence-electron chi connectivity index (χ0n) is 9.73. The number of hydrogen-bond acceptors (Lipinski definition) is 3. The molecule has 0 saturated carbocycles. The third-order valence-corrected chi connectivity index (χ3v) is 3.02. The quantitative estimate of drug-likeness (QED) is 0.670. The van der Waals surface area contributed by atoms with Crippen LogP contribution < -0.4 is 5.32 Å². The first-order valence-corrected chi connectivity index (χ1v) is 6.75. The van der Waals surface area contributed by atoms with Gasteiger partial charge in [-0.2, -0.15) is 0 Å². The predicted octanol–water partition coefficient (Wildman–Crippen LogP) is 2.37. The lowest BCUT2D eigenvalue weighted by atomic mass is 10.3. The average Bonchev–Trinajstić information content (AvgIpc) is 2.78. The summed E-state index contributed by atoms with van der Waals surface area (Å²) in [7, 11) is 0. The lowest BCUT2D eigenvalue weighted by molar-refractivity contribution is 0.662. The third-order valence-electron chi connectivity index (χ3n) is 2.35. The molecule has 5 heteroatoms. The van der Waals surface area contributed by atoms with Crippen molar-refractivity contribution in [2.75, 3.05) is 6.54 Å². The van der Waals surface area contributed by atoms with Gasteiger partial charge in [0.05, 0.1) is 17.6 Å². The maximum atomic E-state index is 4.14. The van der Waals surface area contributed by atoms with E-state index in [2.05, 4.69) is 57.3 Å². The van der Waals surface area contributed by atoms with Gasteiger partial charge >= 0.3 is 0 Å². The van der Waals surface area contributed by atoms with Gasteiger partial charge in [-0.1, -0.05) is 18.2 Å². The summed E-state index contributed by atoms with van der Waals surface area (Å²) in [5, 5.41) is 11.6. The highest BCUT2D eigenvalue weighted by molar-refractivity contribution is 14.1. The zero-order valence-corrected chi connectivity index (χ0v) is 11.9. The second-order valence-corrected chi connectivity index (χ2v) is 5.06. The van der Waals surface area contributed by atoms with Gasteiger partial charge in [0.2, 0.25) is 0 Å². The summed E-state index contributed by atoms with van der Waals surface area (Å²) < 4.78 is 3.01. The van der Waals surface area contributed by atoms with Crippen molar-refractivity contribution in [3.05, 3.63) is 39.7 Å². The molecule has 0 bridgehead atoms. The molecule has 0 atom stereocenters. The molecule has 0 amide bonds. The number of nitrogens with zero attached hydrogens (tertiary/aromatic N) is 3. The summed E-state index contributed by atoms with van der Waals surface area (Å²) in [6.45, 7) is 3.93. The molecule has 0 unspecified atom stereocenters. The Balaban J connectivity index is 2.07. The molecule has 1 N–H and O–H groups in total. The molecule has 0 spiro atoms. The van der Waals surface area contributed by atoms with Gasteiger partial charge in [-0.25, -0.2) is 4.68 Å². The molecule has 0 fully saturated rings. The van der Waals surface area contributed by atoms with Crippen LogP contribution in [0.25, 0.3) is 5.69 Å². The fourth-order valence-electron chi connectivity index (χ4n) is 1.52. The number of halogens is 1. The maximum absolute atomic E-state index is 4.14. The average molecular weight is 342 g/mol. The summed E-state index contributed by atoms with van der Waals surface area (Å²) in [6.07, 6.45) is 3.10. The molecule has 0 aliphatic carbocycles. The SMILES string of the molecule is CCCNCc1cn(-c2cccc(I)c2)nn1. The Morgan fingerprint density at radius 1 is 1.41 bits per heavy atom. The molecule has 17 heavy (non-hydrogen) atoms. The van der Waals surface area contributed by atoms with E-state index >= 15 is 0 Å². The van der Waals surface area contributed by atoms with Gasteiger partial charge in [-0.05, 0) is 53.8 Å². The van der Waals surface area contributed by atoms with E-state index in [0.717, 1.165) is 30.9 Å². The van der Waals surface area contributed by atoms with Crippen LogP contribution in [0.3, 0.4) is 0 Å². The molecule has 0 aliphatic heterocycles. The number of benzene rings is 1. The molecule has 4 nitrogen and oxygen atoms in total. The van der Waals surface area contributed by atoms with E-state index in [9.17, 15) is 0 Å². The van der Waals surface area contributed by atoms with Crippen molar-refractivity contribution in [1.82, 2.24) is 20.3 Å². The van der Waals surface area contributed by atoms with Crippen molar-refractivity contribution < 1.29 is 0 Å². The molecule has 90 valence electrons. The summed E-state index contributed by atoms with van der Waals surface area (Å²) in [6, 6.07) is 8.19. The number of nitrogens with one attached hydrogen (secondary N) is 1. The largest absolute Gasteiger partial charge is 0.311 e. The monoisotopic (exact) mass is 342 g/mol. The summed E-state index contributed by atoms with van der Waals surface area (Å²) in [5.74, 6) is 0. The first-order valence-electron chi connectivity index (χ1n) is 5.67. The van der Waals surface area contributed by atoms with Crippen molar-refractivity contribution >= 4 is 22.6 Å². The summed E-state index contributed by atoms with van der Waals surface area (Å²) in [5.41, 5.74) is 2.02. The summed E-state index contributed by atoms with van der Waals surface area (Å²) in [4.78, 5) is 0. The van der Waals surface area contributed by atoms with Crippen LogP contribution in [-0.4, -0.2) is 21.5 Å². The molecule has 2 aromatic rings. The Morgan fingerprint density at radius 3 is 3.06 bits per heavy atom. The van der Waals surface area contributed by atoms with Crippen LogP contribution in [0.2, 0.25) is 0 Å². The van der Waals surface area contributed by atoms with E-state index in [1.165, 1.54) is 3.57 Å². The van der Waals surface area contributed by atoms with Gasteiger partial charge < -0.3 is 5.32 Å². The van der Waals surface area contributed by atoms with E-state index < -0.39 is 0 Å². The van der Waals surface area contributed by atoms with E-state index in [4.69, 9.17) is 0 Å². The third kappa shape index (κ3) is 3.50. The molecule has 2 rings (SSSR count). The van der Waals surface area contributed by atoms with Crippen LogP contribution in [0.5, 0.6) is 0 Å². The van der Waals surface area contributed by atoms with Crippen molar-refractivity contribution in [3.63, 3.8) is 0 Å². The lowest BCUT2D eigenvalue weighted by Crippen LogP contribution is -2.13. The predicted molar refractivity (Wildman–Crippen MR) is 76.1 cm³/mol. The number of rotatable bonds is 5. The fraction of sp³-hybridized carbons (Fsp3) is 0.333. The van der Waals surface area contributed by atoms with Crippen LogP contribution in [0.1, 0.15) is 19.0 Å². The fourth-order valence-corrected chi connectivity index (χ4v) is 2.04. The number of aromatic nitrogens is 3. The lowest BCUT2D eigenvalue weighted by Gasteiger charge is -2.00. The Hall–Kier alpha value is -0.950. The molecule has 1 aromatic heterocycles. The Kier molecular flexibility index (Phi) is 4.49. The van der Waals surface area contributed by atoms with Gasteiger partial charge in [0, 0.05) is 10.1 Å². The normalized spacial score (nSPS) is 10.7. The van der Waals surface area contributed by atoms with Gasteiger partial charge in [0.1, 0.15) is 0 Å². The molecular formula is C12H15IN4. The minimum atomic E-state index is 0.776. The highest BCUT2D eigenvalue weighted by Gasteiger charge is 2.02. The van der Waals surface area contributed by atoms with E-state index in [1.807, 2.05) is 23.0 Å². The molecule has 1 heterocycles. The van der Waals surface area contributed by atoms with Gasteiger partial charge in [-0.15, -0.1) is 5.10 Å². The smallest absolute Gasteiger partial charge is 0.0969 e. The van der Waals surface area contributed by atoms with Crippen molar-refractivity contribution in [2.24, 2.45) is 0 Å². The van der Waals surface area contributed by atoms with Crippen LogP contribution in [0.4, 0.5) is 0 Å². The van der Waals surface area contributed by atoms with Crippen LogP contribution in [-0.2, 0) is 6.54 Å². The topological polar surface area (TPSA) is 42.7 Å². The summed E-state index contributed by atoms with van der Waals surface area (Å²) >= 11 is 2.29. The first kappa shape index (κ1) is 12.5. The van der Waals surface area contributed by atoms with E-state index in [0.29, 0.717) is 0 Å². The van der Waals surface area contributed by atoms with E-state index in [1.54, 1.807) is 0 Å². The van der Waals surface area contributed by atoms with Crippen LogP contribution in [0, 0.1) is 3.57 Å². The second kappa shape index (κ2) is 6.11. The highest BCUT2D eigenvalue weighted by atomic mass is 127. The first-order chi connectivity index (χ1) is 8.29. The van der Waals surface area contributed by atoms with Gasteiger partial charge in [0.15, 0.2) is 0 Å². The molecule has 1 aromatic carbocycles. The highest BCUT2D eigenvalue weighted by Crippen LogP contribution is 2.11. The second-order valence-electron chi connectivity index (χ2n) is 3.81. The number of hydrogen-bond donors (Lipinski definition) is 1. The Morgan fingerprint density at radius 2 is 2.29 bits per heavy atom. The molecule has 0 radical (unpaired) electrons. The standard InChI is InChI=1S/C12H15IN4/c1-2-6-14-8-11-9-17(16-15-11)12-5-3-4-10(13)7-12/h3-5,7,9,14H,2,6,8H2,1H3. The zero-order chi connectivity index (χ0) is 12.1. The van der Waals surface area contributed by atoms with Crippen molar-refractivity contribution in [1.29, 1.82) is 0 Å². The van der Waals surface area contributed by atoms with Crippen LogP contribution in [0.15, 0.2) is 30.5 Å². The Labute approximate surface area is 115 Å².